The van der Waals surface area contributed by atoms with Crippen LogP contribution in [0.25, 0.3) is 0 Å². The molecule has 0 spiro atoms. The van der Waals surface area contributed by atoms with Gasteiger partial charge in [-0.1, -0.05) is 0 Å². The van der Waals surface area contributed by atoms with Crippen molar-refractivity contribution in [2.45, 2.75) is 31.8 Å². The molecule has 2 unspecified atom stereocenters. The maximum absolute atomic E-state index is 5.83. The number of halogens is 1. The van der Waals surface area contributed by atoms with Gasteiger partial charge in [0, 0.05) is 25.2 Å². The number of nitrogens with zero attached hydrogens (tertiary/aromatic N) is 1. The van der Waals surface area contributed by atoms with Crippen LogP contribution in [0.5, 0.6) is 0 Å². The van der Waals surface area contributed by atoms with Gasteiger partial charge in [0.1, 0.15) is 0 Å². The zero-order valence-electron chi connectivity index (χ0n) is 7.70. The van der Waals surface area contributed by atoms with Crippen LogP contribution in [-0.4, -0.2) is 36.6 Å². The molecule has 2 atom stereocenters. The molecule has 1 fully saturated rings. The van der Waals surface area contributed by atoms with Crippen molar-refractivity contribution in [1.82, 2.24) is 4.90 Å². The number of nitrogens with two attached hydrogens (primary N) is 2. The molecule has 4 heteroatoms. The molecule has 4 N–H and O–H groups in total. The van der Waals surface area contributed by atoms with E-state index in [9.17, 15) is 0 Å². The van der Waals surface area contributed by atoms with Crippen LogP contribution in [0, 0.1) is 0 Å². The van der Waals surface area contributed by atoms with E-state index in [1.54, 1.807) is 0 Å². The van der Waals surface area contributed by atoms with Crippen LogP contribution in [0.4, 0.5) is 0 Å². The van der Waals surface area contributed by atoms with Crippen LogP contribution in [0.1, 0.15) is 19.8 Å². The normalized spacial score (nSPS) is 31.2. The monoisotopic (exact) mass is 193 g/mol. The first kappa shape index (κ1) is 12.2. The lowest BCUT2D eigenvalue weighted by Crippen LogP contribution is -2.47. The highest BCUT2D eigenvalue weighted by Gasteiger charge is 2.21. The Balaban J connectivity index is 0.00000121. The van der Waals surface area contributed by atoms with Crippen LogP contribution in [0.3, 0.4) is 0 Å². The molecule has 0 saturated carbocycles. The summed E-state index contributed by atoms with van der Waals surface area (Å²) >= 11 is 0. The summed E-state index contributed by atoms with van der Waals surface area (Å²) in [5.41, 5.74) is 11.3. The smallest absolute Gasteiger partial charge is 0.0107 e. The van der Waals surface area contributed by atoms with Crippen molar-refractivity contribution in [3.05, 3.63) is 0 Å². The molecular formula is C8H20ClN3. The molecular weight excluding hydrogens is 174 g/mol. The summed E-state index contributed by atoms with van der Waals surface area (Å²) in [5.74, 6) is 0. The fraction of sp³-hybridized carbons (Fsp3) is 1.00. The molecule has 1 heterocycles. The Labute approximate surface area is 80.9 Å². The molecule has 0 aliphatic carbocycles. The molecule has 0 aromatic heterocycles. The Morgan fingerprint density at radius 2 is 2.17 bits per heavy atom. The SMILES string of the molecule is CC1CC(N)CCN1CCN.Cl. The summed E-state index contributed by atoms with van der Waals surface area (Å²) in [6.07, 6.45) is 2.25. The van der Waals surface area contributed by atoms with E-state index in [0.29, 0.717) is 12.1 Å². The van der Waals surface area contributed by atoms with Gasteiger partial charge in [-0.2, -0.15) is 0 Å². The number of hydrogen-bond donors (Lipinski definition) is 2. The third-order valence-corrected chi connectivity index (χ3v) is 2.47. The molecule has 12 heavy (non-hydrogen) atoms. The number of rotatable bonds is 2. The molecule has 0 bridgehead atoms. The Kier molecular flexibility index (Phi) is 5.84. The molecule has 1 aliphatic heterocycles. The second kappa shape index (κ2) is 5.75. The number of likely N-dealkylation sites (tertiary alicyclic amines) is 1. The predicted octanol–water partition coefficient (Wildman–Crippen LogP) is 0.179. The lowest BCUT2D eigenvalue weighted by Gasteiger charge is -2.35. The highest BCUT2D eigenvalue weighted by Crippen LogP contribution is 2.14. The van der Waals surface area contributed by atoms with Crippen LogP contribution in [0.15, 0.2) is 0 Å². The van der Waals surface area contributed by atoms with Crippen LogP contribution in [0.2, 0.25) is 0 Å². The van der Waals surface area contributed by atoms with Gasteiger partial charge in [-0.05, 0) is 26.3 Å². The van der Waals surface area contributed by atoms with E-state index in [4.69, 9.17) is 11.5 Å². The van der Waals surface area contributed by atoms with Gasteiger partial charge in [0.15, 0.2) is 0 Å². The van der Waals surface area contributed by atoms with Crippen LogP contribution < -0.4 is 11.5 Å². The average Bonchev–Trinajstić information content (AvgIpc) is 1.95. The van der Waals surface area contributed by atoms with Gasteiger partial charge in [0.05, 0.1) is 0 Å². The zero-order chi connectivity index (χ0) is 8.27. The lowest BCUT2D eigenvalue weighted by atomic mass is 9.99. The largest absolute Gasteiger partial charge is 0.329 e. The van der Waals surface area contributed by atoms with E-state index >= 15 is 0 Å². The van der Waals surface area contributed by atoms with Gasteiger partial charge in [-0.15, -0.1) is 12.4 Å². The lowest BCUT2D eigenvalue weighted by molar-refractivity contribution is 0.152. The van der Waals surface area contributed by atoms with E-state index in [2.05, 4.69) is 11.8 Å². The van der Waals surface area contributed by atoms with Gasteiger partial charge >= 0.3 is 0 Å². The molecule has 0 radical (unpaired) electrons. The predicted molar refractivity (Wildman–Crippen MR) is 54.5 cm³/mol. The fourth-order valence-corrected chi connectivity index (χ4v) is 1.76. The summed E-state index contributed by atoms with van der Waals surface area (Å²) in [4.78, 5) is 2.42. The summed E-state index contributed by atoms with van der Waals surface area (Å²) in [7, 11) is 0. The van der Waals surface area contributed by atoms with Crippen molar-refractivity contribution in [3.8, 4) is 0 Å². The molecule has 0 aromatic carbocycles. The molecule has 0 aromatic rings. The molecule has 1 rings (SSSR count). The molecule has 74 valence electrons. The van der Waals surface area contributed by atoms with Gasteiger partial charge in [-0.25, -0.2) is 0 Å². The van der Waals surface area contributed by atoms with E-state index in [0.717, 1.165) is 32.5 Å². The summed E-state index contributed by atoms with van der Waals surface area (Å²) in [6, 6.07) is 1.04. The van der Waals surface area contributed by atoms with Crippen molar-refractivity contribution in [1.29, 1.82) is 0 Å². The van der Waals surface area contributed by atoms with E-state index in [-0.39, 0.29) is 12.4 Å². The van der Waals surface area contributed by atoms with E-state index in [1.165, 1.54) is 0 Å². The minimum absolute atomic E-state index is 0. The Morgan fingerprint density at radius 3 is 2.67 bits per heavy atom. The van der Waals surface area contributed by atoms with Gasteiger partial charge < -0.3 is 11.5 Å². The second-order valence-corrected chi connectivity index (χ2v) is 3.46. The molecule has 0 amide bonds. The van der Waals surface area contributed by atoms with Gasteiger partial charge in [0.2, 0.25) is 0 Å². The zero-order valence-corrected chi connectivity index (χ0v) is 8.52. The Bertz CT molecular complexity index is 121. The second-order valence-electron chi connectivity index (χ2n) is 3.46. The van der Waals surface area contributed by atoms with Gasteiger partial charge in [-0.3, -0.25) is 4.90 Å². The maximum atomic E-state index is 5.83. The highest BCUT2D eigenvalue weighted by molar-refractivity contribution is 5.85. The summed E-state index contributed by atoms with van der Waals surface area (Å²) in [5, 5.41) is 0. The minimum atomic E-state index is 0. The number of hydrogen-bond acceptors (Lipinski definition) is 3. The number of piperidine rings is 1. The third kappa shape index (κ3) is 3.27. The molecule has 3 nitrogen and oxygen atoms in total. The summed E-state index contributed by atoms with van der Waals surface area (Å²) < 4.78 is 0. The quantitative estimate of drug-likeness (QED) is 0.658. The van der Waals surface area contributed by atoms with Crippen molar-refractivity contribution >= 4 is 12.4 Å². The first-order chi connectivity index (χ1) is 5.24. The fourth-order valence-electron chi connectivity index (χ4n) is 1.76. The van der Waals surface area contributed by atoms with E-state index < -0.39 is 0 Å². The van der Waals surface area contributed by atoms with Crippen LogP contribution in [-0.2, 0) is 0 Å². The average molecular weight is 194 g/mol. The highest BCUT2D eigenvalue weighted by atomic mass is 35.5. The molecule has 1 saturated heterocycles. The standard InChI is InChI=1S/C8H19N3.ClH/c1-7-6-8(10)2-4-11(7)5-3-9;/h7-8H,2-6,9-10H2,1H3;1H. The van der Waals surface area contributed by atoms with Gasteiger partial charge in [0.25, 0.3) is 0 Å². The summed E-state index contributed by atoms with van der Waals surface area (Å²) in [6.45, 7) is 5.14. The Hall–Kier alpha value is 0.170. The first-order valence-electron chi connectivity index (χ1n) is 4.43. The van der Waals surface area contributed by atoms with Crippen molar-refractivity contribution in [2.24, 2.45) is 11.5 Å². The van der Waals surface area contributed by atoms with Crippen LogP contribution >= 0.6 is 12.4 Å². The van der Waals surface area contributed by atoms with Crippen molar-refractivity contribution in [2.75, 3.05) is 19.6 Å². The van der Waals surface area contributed by atoms with E-state index in [1.807, 2.05) is 0 Å². The van der Waals surface area contributed by atoms with Crippen molar-refractivity contribution in [3.63, 3.8) is 0 Å². The molecule has 1 aliphatic rings. The topological polar surface area (TPSA) is 55.3 Å². The van der Waals surface area contributed by atoms with Crippen molar-refractivity contribution < 1.29 is 0 Å². The maximum Gasteiger partial charge on any atom is 0.0107 e. The third-order valence-electron chi connectivity index (χ3n) is 2.47. The minimum Gasteiger partial charge on any atom is -0.329 e. The Morgan fingerprint density at radius 1 is 1.50 bits per heavy atom. The first-order valence-corrected chi connectivity index (χ1v) is 4.43.